The molecule has 0 aliphatic carbocycles. The summed E-state index contributed by atoms with van der Waals surface area (Å²) in [5.41, 5.74) is 0.922. The van der Waals surface area contributed by atoms with E-state index >= 15 is 0 Å². The van der Waals surface area contributed by atoms with Crippen LogP contribution >= 0.6 is 0 Å². The van der Waals surface area contributed by atoms with E-state index in [0.717, 1.165) is 5.56 Å². The summed E-state index contributed by atoms with van der Waals surface area (Å²) in [6.07, 6.45) is 0.904. The monoisotopic (exact) mass is 410 g/mol. The highest BCUT2D eigenvalue weighted by molar-refractivity contribution is 5.94. The van der Waals surface area contributed by atoms with Crippen LogP contribution in [0.2, 0.25) is 0 Å². The Morgan fingerprint density at radius 2 is 1.67 bits per heavy atom. The predicted molar refractivity (Wildman–Crippen MR) is 112 cm³/mol. The Morgan fingerprint density at radius 3 is 2.23 bits per heavy atom. The molecule has 158 valence electrons. The van der Waals surface area contributed by atoms with Gasteiger partial charge in [-0.3, -0.25) is 14.5 Å². The van der Waals surface area contributed by atoms with Crippen LogP contribution in [0.15, 0.2) is 54.6 Å². The SMILES string of the molecule is CCOC(=O)c1ccc(NC(=O)CN2CCC(C(=O)O)(c3ccccc3)CC2)cc1. The second kappa shape index (κ2) is 9.54. The Morgan fingerprint density at radius 1 is 1.03 bits per heavy atom. The lowest BCUT2D eigenvalue weighted by atomic mass is 9.73. The van der Waals surface area contributed by atoms with Crippen molar-refractivity contribution in [2.24, 2.45) is 0 Å². The van der Waals surface area contributed by atoms with Crippen LogP contribution in [0, 0.1) is 0 Å². The molecule has 0 unspecified atom stereocenters. The maximum atomic E-state index is 12.4. The van der Waals surface area contributed by atoms with Crippen molar-refractivity contribution in [2.45, 2.75) is 25.2 Å². The lowest BCUT2D eigenvalue weighted by Crippen LogP contribution is -2.49. The van der Waals surface area contributed by atoms with E-state index in [4.69, 9.17) is 4.74 Å². The average Bonchev–Trinajstić information content (AvgIpc) is 2.75. The van der Waals surface area contributed by atoms with Crippen molar-refractivity contribution in [1.29, 1.82) is 0 Å². The molecule has 2 aromatic rings. The van der Waals surface area contributed by atoms with Gasteiger partial charge in [0.2, 0.25) is 5.91 Å². The summed E-state index contributed by atoms with van der Waals surface area (Å²) < 4.78 is 4.94. The van der Waals surface area contributed by atoms with Gasteiger partial charge in [-0.25, -0.2) is 4.79 Å². The summed E-state index contributed by atoms with van der Waals surface area (Å²) in [6, 6.07) is 15.8. The number of nitrogens with zero attached hydrogens (tertiary/aromatic N) is 1. The normalized spacial score (nSPS) is 15.9. The van der Waals surface area contributed by atoms with Gasteiger partial charge in [0, 0.05) is 18.8 Å². The summed E-state index contributed by atoms with van der Waals surface area (Å²) in [7, 11) is 0. The minimum Gasteiger partial charge on any atom is -0.481 e. The first-order valence-corrected chi connectivity index (χ1v) is 10.0. The molecule has 1 saturated heterocycles. The number of carbonyl (C=O) groups is 3. The topological polar surface area (TPSA) is 95.9 Å². The number of rotatable bonds is 7. The molecular formula is C23H26N2O5. The smallest absolute Gasteiger partial charge is 0.338 e. The van der Waals surface area contributed by atoms with Crippen LogP contribution in [0.1, 0.15) is 35.7 Å². The maximum Gasteiger partial charge on any atom is 0.338 e. The highest BCUT2D eigenvalue weighted by Gasteiger charge is 2.43. The number of anilines is 1. The first kappa shape index (κ1) is 21.5. The first-order chi connectivity index (χ1) is 14.4. The van der Waals surface area contributed by atoms with Crippen molar-refractivity contribution in [3.8, 4) is 0 Å². The number of amides is 1. The van der Waals surface area contributed by atoms with Crippen LogP contribution in [0.3, 0.4) is 0 Å². The minimum absolute atomic E-state index is 0.179. The fourth-order valence-corrected chi connectivity index (χ4v) is 3.78. The largest absolute Gasteiger partial charge is 0.481 e. The molecule has 1 heterocycles. The van der Waals surface area contributed by atoms with Crippen LogP contribution in [-0.4, -0.2) is 54.1 Å². The molecule has 7 heteroatoms. The van der Waals surface area contributed by atoms with E-state index in [-0.39, 0.29) is 12.5 Å². The molecule has 1 amide bonds. The number of carbonyl (C=O) groups excluding carboxylic acids is 2. The van der Waals surface area contributed by atoms with Crippen LogP contribution in [0.25, 0.3) is 0 Å². The third-order valence-corrected chi connectivity index (χ3v) is 5.49. The molecule has 1 aliphatic heterocycles. The van der Waals surface area contributed by atoms with Gasteiger partial charge in [0.05, 0.1) is 24.1 Å². The summed E-state index contributed by atoms with van der Waals surface area (Å²) in [5, 5.41) is 12.7. The van der Waals surface area contributed by atoms with E-state index in [2.05, 4.69) is 5.32 Å². The van der Waals surface area contributed by atoms with Crippen LogP contribution in [0.5, 0.6) is 0 Å². The average molecular weight is 410 g/mol. The van der Waals surface area contributed by atoms with E-state index in [1.165, 1.54) is 0 Å². The Labute approximate surface area is 175 Å². The predicted octanol–water partition coefficient (Wildman–Crippen LogP) is 2.92. The molecule has 0 radical (unpaired) electrons. The standard InChI is InChI=1S/C23H26N2O5/c1-2-30-21(27)17-8-10-19(11-9-17)24-20(26)16-25-14-12-23(13-15-25,22(28)29)18-6-4-3-5-7-18/h3-11H,2,12-16H2,1H3,(H,24,26)(H,28,29). The Kier molecular flexibility index (Phi) is 6.84. The van der Waals surface area contributed by atoms with E-state index in [1.54, 1.807) is 31.2 Å². The zero-order valence-corrected chi connectivity index (χ0v) is 17.0. The number of benzene rings is 2. The van der Waals surface area contributed by atoms with Crippen molar-refractivity contribution >= 4 is 23.5 Å². The number of piperidine rings is 1. The van der Waals surface area contributed by atoms with Crippen molar-refractivity contribution in [2.75, 3.05) is 31.6 Å². The molecule has 0 saturated carbocycles. The summed E-state index contributed by atoms with van der Waals surface area (Å²) in [4.78, 5) is 38.1. The first-order valence-electron chi connectivity index (χ1n) is 10.0. The van der Waals surface area contributed by atoms with Gasteiger partial charge in [0.15, 0.2) is 0 Å². The van der Waals surface area contributed by atoms with Crippen molar-refractivity contribution in [3.63, 3.8) is 0 Å². The van der Waals surface area contributed by atoms with E-state index in [9.17, 15) is 19.5 Å². The van der Waals surface area contributed by atoms with Gasteiger partial charge in [0.25, 0.3) is 0 Å². The van der Waals surface area contributed by atoms with Crippen molar-refractivity contribution < 1.29 is 24.2 Å². The molecule has 30 heavy (non-hydrogen) atoms. The molecule has 7 nitrogen and oxygen atoms in total. The lowest BCUT2D eigenvalue weighted by Gasteiger charge is -2.39. The van der Waals surface area contributed by atoms with Gasteiger partial charge >= 0.3 is 11.9 Å². The van der Waals surface area contributed by atoms with Crippen LogP contribution in [-0.2, 0) is 19.7 Å². The van der Waals surface area contributed by atoms with Crippen LogP contribution < -0.4 is 5.32 Å². The highest BCUT2D eigenvalue weighted by atomic mass is 16.5. The highest BCUT2D eigenvalue weighted by Crippen LogP contribution is 2.35. The molecule has 0 aromatic heterocycles. The number of hydrogen-bond acceptors (Lipinski definition) is 5. The second-order valence-corrected chi connectivity index (χ2v) is 7.38. The number of carboxylic acid groups (broad SMARTS) is 1. The molecule has 2 aromatic carbocycles. The third-order valence-electron chi connectivity index (χ3n) is 5.49. The van der Waals surface area contributed by atoms with E-state index in [0.29, 0.717) is 43.8 Å². The number of hydrogen-bond donors (Lipinski definition) is 2. The lowest BCUT2D eigenvalue weighted by molar-refractivity contribution is -0.146. The Bertz CT molecular complexity index is 888. The Balaban J connectivity index is 1.55. The molecule has 1 fully saturated rings. The van der Waals surface area contributed by atoms with Gasteiger partial charge in [-0.1, -0.05) is 30.3 Å². The molecule has 0 spiro atoms. The summed E-state index contributed by atoms with van der Waals surface area (Å²) in [5.74, 6) is -1.40. The number of esters is 1. The molecule has 2 N–H and O–H groups in total. The molecule has 0 atom stereocenters. The zero-order chi connectivity index (χ0) is 21.6. The van der Waals surface area contributed by atoms with Crippen molar-refractivity contribution in [1.82, 2.24) is 4.90 Å². The number of carboxylic acids is 1. The van der Waals surface area contributed by atoms with Gasteiger partial charge in [-0.2, -0.15) is 0 Å². The number of ether oxygens (including phenoxy) is 1. The fraction of sp³-hybridized carbons (Fsp3) is 0.348. The summed E-state index contributed by atoms with van der Waals surface area (Å²) >= 11 is 0. The van der Waals surface area contributed by atoms with Gasteiger partial charge < -0.3 is 15.2 Å². The Hall–Kier alpha value is -3.19. The maximum absolute atomic E-state index is 12.4. The second-order valence-electron chi connectivity index (χ2n) is 7.38. The van der Waals surface area contributed by atoms with Crippen LogP contribution in [0.4, 0.5) is 5.69 Å². The zero-order valence-electron chi connectivity index (χ0n) is 17.0. The molecular weight excluding hydrogens is 384 g/mol. The van der Waals surface area contributed by atoms with Crippen molar-refractivity contribution in [3.05, 3.63) is 65.7 Å². The third kappa shape index (κ3) is 4.86. The van der Waals surface area contributed by atoms with Gasteiger partial charge in [-0.15, -0.1) is 0 Å². The quantitative estimate of drug-likeness (QED) is 0.682. The number of aliphatic carboxylic acids is 1. The number of nitrogens with one attached hydrogen (secondary N) is 1. The minimum atomic E-state index is -0.906. The van der Waals surface area contributed by atoms with Gasteiger partial charge in [-0.05, 0) is 49.6 Å². The summed E-state index contributed by atoms with van der Waals surface area (Å²) in [6.45, 7) is 3.28. The fourth-order valence-electron chi connectivity index (χ4n) is 3.78. The molecule has 1 aliphatic rings. The van der Waals surface area contributed by atoms with E-state index in [1.807, 2.05) is 35.2 Å². The van der Waals surface area contributed by atoms with Gasteiger partial charge in [0.1, 0.15) is 0 Å². The molecule has 0 bridgehead atoms. The molecule has 3 rings (SSSR count). The number of likely N-dealkylation sites (tertiary alicyclic amines) is 1. The van der Waals surface area contributed by atoms with E-state index < -0.39 is 17.4 Å².